The standard InChI is InChI=1S/C18H29N3O2/c1-6-20(5)16-11-10-14(13-19-16)15-9-7-8-12-21(15)17(22)23-18(2,3)4/h10-11,13,15H,6-9,12H2,1-5H3. The summed E-state index contributed by atoms with van der Waals surface area (Å²) in [5.41, 5.74) is 0.620. The molecule has 0 bridgehead atoms. The minimum absolute atomic E-state index is 0.0621. The molecule has 1 aliphatic rings. The van der Waals surface area contributed by atoms with Crippen LogP contribution in [0.2, 0.25) is 0 Å². The first kappa shape index (κ1) is 17.6. The zero-order chi connectivity index (χ0) is 17.0. The van der Waals surface area contributed by atoms with Crippen LogP contribution >= 0.6 is 0 Å². The smallest absolute Gasteiger partial charge is 0.410 e. The molecule has 1 aliphatic heterocycles. The molecule has 1 atom stereocenters. The third kappa shape index (κ3) is 4.60. The Balaban J connectivity index is 2.16. The number of likely N-dealkylation sites (tertiary alicyclic amines) is 1. The fraction of sp³-hybridized carbons (Fsp3) is 0.667. The number of nitrogens with zero attached hydrogens (tertiary/aromatic N) is 3. The van der Waals surface area contributed by atoms with E-state index < -0.39 is 5.60 Å². The van der Waals surface area contributed by atoms with Gasteiger partial charge in [0.25, 0.3) is 0 Å². The van der Waals surface area contributed by atoms with Gasteiger partial charge in [0.1, 0.15) is 11.4 Å². The second-order valence-electron chi connectivity index (χ2n) is 7.15. The molecule has 2 heterocycles. The molecule has 0 radical (unpaired) electrons. The maximum absolute atomic E-state index is 12.5. The van der Waals surface area contributed by atoms with Crippen LogP contribution in [0, 0.1) is 0 Å². The van der Waals surface area contributed by atoms with Crippen LogP contribution in [0.15, 0.2) is 18.3 Å². The van der Waals surface area contributed by atoms with Crippen LogP contribution in [0.5, 0.6) is 0 Å². The maximum atomic E-state index is 12.5. The van der Waals surface area contributed by atoms with Crippen LogP contribution in [-0.2, 0) is 4.74 Å². The summed E-state index contributed by atoms with van der Waals surface area (Å²) in [4.78, 5) is 21.0. The van der Waals surface area contributed by atoms with Crippen molar-refractivity contribution in [2.24, 2.45) is 0 Å². The van der Waals surface area contributed by atoms with E-state index >= 15 is 0 Å². The van der Waals surface area contributed by atoms with Crippen LogP contribution in [0.1, 0.15) is 58.6 Å². The van der Waals surface area contributed by atoms with E-state index in [1.807, 2.05) is 45.0 Å². The molecule has 128 valence electrons. The average molecular weight is 319 g/mol. The van der Waals surface area contributed by atoms with Crippen molar-refractivity contribution in [2.45, 2.75) is 58.6 Å². The van der Waals surface area contributed by atoms with E-state index in [0.717, 1.165) is 43.7 Å². The molecule has 1 amide bonds. The van der Waals surface area contributed by atoms with Gasteiger partial charge in [-0.15, -0.1) is 0 Å². The van der Waals surface area contributed by atoms with Crippen LogP contribution in [-0.4, -0.2) is 41.7 Å². The molecular weight excluding hydrogens is 290 g/mol. The van der Waals surface area contributed by atoms with Gasteiger partial charge in [0.2, 0.25) is 0 Å². The van der Waals surface area contributed by atoms with Crippen molar-refractivity contribution < 1.29 is 9.53 Å². The molecular formula is C18H29N3O2. The predicted molar refractivity (Wildman–Crippen MR) is 92.7 cm³/mol. The number of piperidine rings is 1. The quantitative estimate of drug-likeness (QED) is 0.845. The van der Waals surface area contributed by atoms with Crippen molar-refractivity contribution in [3.8, 4) is 0 Å². The summed E-state index contributed by atoms with van der Waals surface area (Å²) < 4.78 is 5.57. The van der Waals surface area contributed by atoms with E-state index in [4.69, 9.17) is 4.74 Å². The van der Waals surface area contributed by atoms with Gasteiger partial charge in [-0.25, -0.2) is 9.78 Å². The molecule has 0 N–H and O–H groups in total. The van der Waals surface area contributed by atoms with E-state index in [1.165, 1.54) is 0 Å². The highest BCUT2D eigenvalue weighted by atomic mass is 16.6. The molecule has 5 heteroatoms. The first-order valence-corrected chi connectivity index (χ1v) is 8.48. The molecule has 23 heavy (non-hydrogen) atoms. The van der Waals surface area contributed by atoms with E-state index in [-0.39, 0.29) is 12.1 Å². The van der Waals surface area contributed by atoms with E-state index in [1.54, 1.807) is 0 Å². The summed E-state index contributed by atoms with van der Waals surface area (Å²) in [6, 6.07) is 4.18. The fourth-order valence-electron chi connectivity index (χ4n) is 2.80. The predicted octanol–water partition coefficient (Wildman–Crippen LogP) is 4.00. The van der Waals surface area contributed by atoms with Gasteiger partial charge in [0, 0.05) is 26.3 Å². The van der Waals surface area contributed by atoms with Crippen LogP contribution in [0.4, 0.5) is 10.6 Å². The Hall–Kier alpha value is -1.78. The monoisotopic (exact) mass is 319 g/mol. The number of amides is 1. The van der Waals surface area contributed by atoms with Crippen molar-refractivity contribution in [2.75, 3.05) is 25.0 Å². The summed E-state index contributed by atoms with van der Waals surface area (Å²) >= 11 is 0. The van der Waals surface area contributed by atoms with Gasteiger partial charge in [-0.1, -0.05) is 6.07 Å². The largest absolute Gasteiger partial charge is 0.444 e. The molecule has 1 saturated heterocycles. The first-order valence-electron chi connectivity index (χ1n) is 8.48. The first-order chi connectivity index (χ1) is 10.8. The lowest BCUT2D eigenvalue weighted by molar-refractivity contribution is 0.00948. The van der Waals surface area contributed by atoms with Gasteiger partial charge < -0.3 is 14.5 Å². The van der Waals surface area contributed by atoms with Crippen molar-refractivity contribution in [3.05, 3.63) is 23.9 Å². The van der Waals surface area contributed by atoms with Crippen molar-refractivity contribution in [1.29, 1.82) is 0 Å². The topological polar surface area (TPSA) is 45.7 Å². The Morgan fingerprint density at radius 1 is 1.39 bits per heavy atom. The molecule has 1 aromatic rings. The summed E-state index contributed by atoms with van der Waals surface area (Å²) in [5, 5.41) is 0. The van der Waals surface area contributed by atoms with Crippen LogP contribution < -0.4 is 4.90 Å². The van der Waals surface area contributed by atoms with E-state index in [9.17, 15) is 4.79 Å². The van der Waals surface area contributed by atoms with Gasteiger partial charge in [0.05, 0.1) is 6.04 Å². The van der Waals surface area contributed by atoms with Gasteiger partial charge in [-0.05, 0) is 58.6 Å². The number of hydrogen-bond donors (Lipinski definition) is 0. The van der Waals surface area contributed by atoms with Gasteiger partial charge in [-0.3, -0.25) is 0 Å². The number of ether oxygens (including phenoxy) is 1. The molecule has 2 rings (SSSR count). The third-order valence-electron chi connectivity index (χ3n) is 4.15. The molecule has 0 aromatic carbocycles. The molecule has 0 aliphatic carbocycles. The minimum atomic E-state index is -0.467. The lowest BCUT2D eigenvalue weighted by Crippen LogP contribution is -2.41. The van der Waals surface area contributed by atoms with Crippen molar-refractivity contribution in [3.63, 3.8) is 0 Å². The second kappa shape index (κ2) is 7.20. The number of carbonyl (C=O) groups excluding carboxylic acids is 1. The number of rotatable bonds is 3. The number of hydrogen-bond acceptors (Lipinski definition) is 4. The maximum Gasteiger partial charge on any atom is 0.410 e. The summed E-state index contributed by atoms with van der Waals surface area (Å²) in [7, 11) is 2.02. The highest BCUT2D eigenvalue weighted by molar-refractivity contribution is 5.69. The molecule has 5 nitrogen and oxygen atoms in total. The highest BCUT2D eigenvalue weighted by Crippen LogP contribution is 2.32. The molecule has 0 spiro atoms. The van der Waals surface area contributed by atoms with Crippen molar-refractivity contribution >= 4 is 11.9 Å². The fourth-order valence-corrected chi connectivity index (χ4v) is 2.80. The van der Waals surface area contributed by atoms with Crippen LogP contribution in [0.25, 0.3) is 0 Å². The second-order valence-corrected chi connectivity index (χ2v) is 7.15. The zero-order valence-corrected chi connectivity index (χ0v) is 15.0. The Labute approximate surface area is 139 Å². The lowest BCUT2D eigenvalue weighted by Gasteiger charge is -2.37. The molecule has 1 aromatic heterocycles. The van der Waals surface area contributed by atoms with Crippen LogP contribution in [0.3, 0.4) is 0 Å². The lowest BCUT2D eigenvalue weighted by atomic mass is 9.97. The van der Waals surface area contributed by atoms with E-state index in [0.29, 0.717) is 0 Å². The molecule has 1 unspecified atom stereocenters. The normalized spacial score (nSPS) is 18.7. The average Bonchev–Trinajstić information content (AvgIpc) is 2.52. The summed E-state index contributed by atoms with van der Waals surface area (Å²) in [5.74, 6) is 0.955. The molecule has 0 saturated carbocycles. The zero-order valence-electron chi connectivity index (χ0n) is 15.0. The minimum Gasteiger partial charge on any atom is -0.444 e. The van der Waals surface area contributed by atoms with Gasteiger partial charge >= 0.3 is 6.09 Å². The van der Waals surface area contributed by atoms with Crippen molar-refractivity contribution in [1.82, 2.24) is 9.88 Å². The number of aromatic nitrogens is 1. The Bertz CT molecular complexity index is 522. The highest BCUT2D eigenvalue weighted by Gasteiger charge is 2.31. The number of anilines is 1. The van der Waals surface area contributed by atoms with E-state index in [2.05, 4.69) is 22.9 Å². The van der Waals surface area contributed by atoms with Gasteiger partial charge in [0.15, 0.2) is 0 Å². The Morgan fingerprint density at radius 2 is 2.13 bits per heavy atom. The molecule has 1 fully saturated rings. The summed E-state index contributed by atoms with van der Waals surface area (Å²) in [6.45, 7) is 9.47. The number of pyridine rings is 1. The van der Waals surface area contributed by atoms with Gasteiger partial charge in [-0.2, -0.15) is 0 Å². The summed E-state index contributed by atoms with van der Waals surface area (Å²) in [6.07, 6.45) is 4.79. The Kier molecular flexibility index (Phi) is 5.50. The third-order valence-corrected chi connectivity index (χ3v) is 4.15. The Morgan fingerprint density at radius 3 is 2.70 bits per heavy atom. The number of carbonyl (C=O) groups is 1. The SMILES string of the molecule is CCN(C)c1ccc(C2CCCCN2C(=O)OC(C)(C)C)cn1.